The van der Waals surface area contributed by atoms with Gasteiger partial charge in [-0.05, 0) is 94.9 Å². The molecule has 0 saturated carbocycles. The zero-order valence-corrected chi connectivity index (χ0v) is 22.3. The van der Waals surface area contributed by atoms with E-state index in [-0.39, 0.29) is 48.0 Å². The monoisotopic (exact) mass is 510 g/mol. The number of halogens is 1. The first-order valence-corrected chi connectivity index (χ1v) is 13.5. The Balaban J connectivity index is 1.48. The van der Waals surface area contributed by atoms with Crippen molar-refractivity contribution in [2.75, 3.05) is 46.9 Å². The molecule has 2 unspecified atom stereocenters. The molecule has 0 bridgehead atoms. The Hall–Kier alpha value is -2.32. The molecule has 2 aromatic rings. The molecule has 0 aliphatic carbocycles. The molecule has 7 heteroatoms. The fraction of sp³-hybridized carbons (Fsp3) is 0.533. The van der Waals surface area contributed by atoms with Crippen LogP contribution >= 0.6 is 0 Å². The predicted molar refractivity (Wildman–Crippen MR) is 144 cm³/mol. The molecule has 2 aliphatic rings. The van der Waals surface area contributed by atoms with E-state index in [4.69, 9.17) is 0 Å². The van der Waals surface area contributed by atoms with Gasteiger partial charge >= 0.3 is 0 Å². The SMILES string of the molecule is Cc1c(F)cccc1C1[CH]CN(CCC[C@H](N(C)C)N2CCC[C@H]2CO)CC1C(=O)c1cccc(O)c1. The number of nitrogens with zero attached hydrogens (tertiary/aromatic N) is 3. The van der Waals surface area contributed by atoms with Gasteiger partial charge in [0, 0.05) is 37.2 Å². The molecule has 4 atom stereocenters. The number of likely N-dealkylation sites (tertiary alicyclic amines) is 2. The Morgan fingerprint density at radius 3 is 2.73 bits per heavy atom. The summed E-state index contributed by atoms with van der Waals surface area (Å²) in [5.74, 6) is -0.766. The lowest BCUT2D eigenvalue weighted by Gasteiger charge is -2.40. The van der Waals surface area contributed by atoms with Crippen LogP contribution in [0.5, 0.6) is 5.75 Å². The molecule has 6 nitrogen and oxygen atoms in total. The summed E-state index contributed by atoms with van der Waals surface area (Å²) in [6, 6.07) is 11.8. The van der Waals surface area contributed by atoms with Crippen LogP contribution in [0.25, 0.3) is 0 Å². The Labute approximate surface area is 220 Å². The molecule has 0 amide bonds. The summed E-state index contributed by atoms with van der Waals surface area (Å²) in [7, 11) is 4.20. The van der Waals surface area contributed by atoms with Crippen LogP contribution in [0.15, 0.2) is 42.5 Å². The summed E-state index contributed by atoms with van der Waals surface area (Å²) in [5.41, 5.74) is 1.93. The second-order valence-corrected chi connectivity index (χ2v) is 10.8. The minimum Gasteiger partial charge on any atom is -0.508 e. The molecule has 2 N–H and O–H groups in total. The highest BCUT2D eigenvalue weighted by Gasteiger charge is 2.37. The lowest BCUT2D eigenvalue weighted by molar-refractivity contribution is 0.0348. The van der Waals surface area contributed by atoms with E-state index in [0.717, 1.165) is 50.9 Å². The summed E-state index contributed by atoms with van der Waals surface area (Å²) in [6.45, 7) is 5.17. The number of hydrogen-bond donors (Lipinski definition) is 2. The van der Waals surface area contributed by atoms with E-state index in [9.17, 15) is 19.4 Å². The van der Waals surface area contributed by atoms with Gasteiger partial charge in [0.2, 0.25) is 0 Å². The van der Waals surface area contributed by atoms with Crippen molar-refractivity contribution in [2.24, 2.45) is 5.92 Å². The van der Waals surface area contributed by atoms with Gasteiger partial charge in [-0.3, -0.25) is 14.6 Å². The summed E-state index contributed by atoms with van der Waals surface area (Å²) >= 11 is 0. The molecule has 1 radical (unpaired) electrons. The van der Waals surface area contributed by atoms with Crippen molar-refractivity contribution in [2.45, 2.75) is 50.7 Å². The van der Waals surface area contributed by atoms with Gasteiger partial charge in [-0.15, -0.1) is 0 Å². The van der Waals surface area contributed by atoms with Crippen LogP contribution in [0, 0.1) is 25.1 Å². The molecule has 201 valence electrons. The molecule has 2 aliphatic heterocycles. The van der Waals surface area contributed by atoms with Crippen LogP contribution in [0.3, 0.4) is 0 Å². The third-order valence-electron chi connectivity index (χ3n) is 8.19. The molecule has 2 fully saturated rings. The maximum absolute atomic E-state index is 14.4. The van der Waals surface area contributed by atoms with Crippen molar-refractivity contribution < 1.29 is 19.4 Å². The third-order valence-corrected chi connectivity index (χ3v) is 8.19. The van der Waals surface area contributed by atoms with Crippen molar-refractivity contribution in [1.29, 1.82) is 0 Å². The van der Waals surface area contributed by atoms with Gasteiger partial charge in [0.15, 0.2) is 5.78 Å². The number of phenolic OH excluding ortho intramolecular Hbond substituents is 1. The smallest absolute Gasteiger partial charge is 0.167 e. The maximum atomic E-state index is 14.4. The van der Waals surface area contributed by atoms with Gasteiger partial charge in [0.1, 0.15) is 11.6 Å². The average Bonchev–Trinajstić information content (AvgIpc) is 3.36. The number of piperidine rings is 1. The van der Waals surface area contributed by atoms with Crippen LogP contribution in [-0.4, -0.2) is 89.8 Å². The van der Waals surface area contributed by atoms with Crippen LogP contribution in [0.2, 0.25) is 0 Å². The Bertz CT molecular complexity index is 1060. The fourth-order valence-electron chi connectivity index (χ4n) is 6.19. The van der Waals surface area contributed by atoms with E-state index in [1.54, 1.807) is 31.2 Å². The van der Waals surface area contributed by atoms with Crippen molar-refractivity contribution in [3.63, 3.8) is 0 Å². The van der Waals surface area contributed by atoms with Crippen molar-refractivity contribution >= 4 is 5.78 Å². The maximum Gasteiger partial charge on any atom is 0.167 e. The van der Waals surface area contributed by atoms with E-state index >= 15 is 0 Å². The minimum absolute atomic E-state index is 0.0282. The van der Waals surface area contributed by atoms with Crippen LogP contribution in [-0.2, 0) is 0 Å². The third kappa shape index (κ3) is 6.40. The Morgan fingerprint density at radius 2 is 2.00 bits per heavy atom. The lowest BCUT2D eigenvalue weighted by atomic mass is 9.75. The number of aliphatic hydroxyl groups excluding tert-OH is 1. The van der Waals surface area contributed by atoms with Gasteiger partial charge in [0.05, 0.1) is 12.8 Å². The number of Topliss-reactive ketones (excluding diaryl/α,β-unsaturated/α-hetero) is 1. The number of carbonyl (C=O) groups is 1. The van der Waals surface area contributed by atoms with Crippen molar-refractivity contribution in [3.05, 3.63) is 71.4 Å². The molecule has 37 heavy (non-hydrogen) atoms. The molecule has 0 aromatic heterocycles. The van der Waals surface area contributed by atoms with Crippen molar-refractivity contribution in [1.82, 2.24) is 14.7 Å². The fourth-order valence-corrected chi connectivity index (χ4v) is 6.19. The van der Waals surface area contributed by atoms with Crippen LogP contribution in [0.4, 0.5) is 4.39 Å². The number of aromatic hydroxyl groups is 1. The van der Waals surface area contributed by atoms with E-state index in [1.165, 1.54) is 12.1 Å². The number of ketones is 1. The molecular formula is C30H41FN3O3. The van der Waals surface area contributed by atoms with Gasteiger partial charge in [-0.25, -0.2) is 4.39 Å². The summed E-state index contributed by atoms with van der Waals surface area (Å²) in [5, 5.41) is 19.8. The van der Waals surface area contributed by atoms with Gasteiger partial charge in [0.25, 0.3) is 0 Å². The first-order chi connectivity index (χ1) is 17.8. The average molecular weight is 511 g/mol. The second-order valence-electron chi connectivity index (χ2n) is 10.8. The van der Waals surface area contributed by atoms with Gasteiger partial charge in [-0.2, -0.15) is 0 Å². The van der Waals surface area contributed by atoms with Gasteiger partial charge < -0.3 is 15.1 Å². The first-order valence-electron chi connectivity index (χ1n) is 13.5. The zero-order chi connectivity index (χ0) is 26.5. The summed E-state index contributed by atoms with van der Waals surface area (Å²) in [4.78, 5) is 20.7. The molecular weight excluding hydrogens is 469 g/mol. The quantitative estimate of drug-likeness (QED) is 0.470. The van der Waals surface area contributed by atoms with E-state index in [1.807, 2.05) is 6.07 Å². The highest BCUT2D eigenvalue weighted by Crippen LogP contribution is 2.37. The molecule has 4 rings (SSSR count). The Morgan fingerprint density at radius 1 is 1.22 bits per heavy atom. The Kier molecular flexibility index (Phi) is 9.35. The summed E-state index contributed by atoms with van der Waals surface area (Å²) < 4.78 is 14.4. The standard InChI is InChI=1S/C30H41FN3O3/c1-21-25(11-5-12-28(21)31)26-14-17-33(19-27(26)30(37)22-8-4-10-24(36)18-22)15-7-13-29(32(2)3)34-16-6-9-23(34)20-35/h4-5,8,10-12,14,18,23,26-27,29,35-36H,6-7,9,13,15-17,19-20H2,1-3H3/t23-,26?,27?,29+/m0/s1. The summed E-state index contributed by atoms with van der Waals surface area (Å²) in [6.07, 6.45) is 6.56. The first kappa shape index (κ1) is 27.7. The topological polar surface area (TPSA) is 67.2 Å². The molecule has 2 aromatic carbocycles. The number of aliphatic hydroxyl groups is 1. The number of benzene rings is 2. The number of carbonyl (C=O) groups excluding carboxylic acids is 1. The molecule has 2 saturated heterocycles. The highest BCUT2D eigenvalue weighted by atomic mass is 19.1. The highest BCUT2D eigenvalue weighted by molar-refractivity contribution is 5.99. The largest absolute Gasteiger partial charge is 0.508 e. The number of hydrogen-bond acceptors (Lipinski definition) is 6. The van der Waals surface area contributed by atoms with E-state index < -0.39 is 0 Å². The van der Waals surface area contributed by atoms with Crippen LogP contribution < -0.4 is 0 Å². The van der Waals surface area contributed by atoms with E-state index in [0.29, 0.717) is 17.7 Å². The number of phenols is 1. The van der Waals surface area contributed by atoms with E-state index in [2.05, 4.69) is 35.2 Å². The van der Waals surface area contributed by atoms with Crippen LogP contribution in [0.1, 0.15) is 53.1 Å². The van der Waals surface area contributed by atoms with Gasteiger partial charge in [-0.1, -0.05) is 24.3 Å². The normalized spacial score (nSPS) is 24.0. The molecule has 2 heterocycles. The minimum atomic E-state index is -0.363. The predicted octanol–water partition coefficient (Wildman–Crippen LogP) is 4.07. The lowest BCUT2D eigenvalue weighted by Crippen LogP contribution is -2.49. The van der Waals surface area contributed by atoms with Crippen molar-refractivity contribution in [3.8, 4) is 5.75 Å². The molecule has 0 spiro atoms. The zero-order valence-electron chi connectivity index (χ0n) is 22.3. The second kappa shape index (κ2) is 12.5. The number of rotatable bonds is 10.